The summed E-state index contributed by atoms with van der Waals surface area (Å²) < 4.78 is 28.1. The molecule has 12 nitrogen and oxygen atoms in total. The zero-order valence-electron chi connectivity index (χ0n) is 16.6. The van der Waals surface area contributed by atoms with Gasteiger partial charge in [-0.25, -0.2) is 22.4 Å². The highest BCUT2D eigenvalue weighted by Crippen LogP contribution is 2.22. The number of hydrogen-bond acceptors (Lipinski definition) is 8. The van der Waals surface area contributed by atoms with Crippen molar-refractivity contribution in [3.63, 3.8) is 0 Å². The molecule has 158 valence electrons. The van der Waals surface area contributed by atoms with E-state index in [2.05, 4.69) is 15.0 Å². The first kappa shape index (κ1) is 21.1. The summed E-state index contributed by atoms with van der Waals surface area (Å²) in [5.74, 6) is 0.0918. The van der Waals surface area contributed by atoms with Crippen LogP contribution in [-0.2, 0) is 10.0 Å². The maximum atomic E-state index is 13.2. The molecule has 0 fully saturated rings. The van der Waals surface area contributed by atoms with Gasteiger partial charge in [0, 0.05) is 32.3 Å². The Morgan fingerprint density at radius 3 is 2.40 bits per heavy atom. The predicted octanol–water partition coefficient (Wildman–Crippen LogP) is 1.54. The molecule has 0 unspecified atom stereocenters. The van der Waals surface area contributed by atoms with Crippen molar-refractivity contribution in [2.45, 2.75) is 24.8 Å². The summed E-state index contributed by atoms with van der Waals surface area (Å²) in [7, 11) is -0.726. The van der Waals surface area contributed by atoms with E-state index in [1.54, 1.807) is 32.8 Å². The first-order valence-corrected chi connectivity index (χ1v) is 10.2. The third-order valence-electron chi connectivity index (χ3n) is 4.08. The number of nitrogens with zero attached hydrogens (tertiary/aromatic N) is 7. The van der Waals surface area contributed by atoms with Crippen LogP contribution in [0.25, 0.3) is 11.2 Å². The SMILES string of the molecule is CC(C)n1c(/N=C/N(C)C)nc2ncn(S(=O)(=O)c3ccc([N+](=O)[O-])cc3)c2c1=O. The second-order valence-corrected chi connectivity index (χ2v) is 8.67. The number of imidazole rings is 1. The molecule has 1 aromatic carbocycles. The van der Waals surface area contributed by atoms with Crippen molar-refractivity contribution in [2.24, 2.45) is 4.99 Å². The summed E-state index contributed by atoms with van der Waals surface area (Å²) in [4.78, 5) is 37.2. The predicted molar refractivity (Wildman–Crippen MR) is 110 cm³/mol. The minimum Gasteiger partial charge on any atom is -0.369 e. The molecule has 0 radical (unpaired) electrons. The smallest absolute Gasteiger partial charge is 0.282 e. The van der Waals surface area contributed by atoms with Crippen LogP contribution in [0, 0.1) is 10.1 Å². The zero-order valence-corrected chi connectivity index (χ0v) is 17.4. The van der Waals surface area contributed by atoms with Crippen LogP contribution in [0.4, 0.5) is 11.6 Å². The molecule has 2 aromatic heterocycles. The molecule has 0 saturated carbocycles. The van der Waals surface area contributed by atoms with Crippen LogP contribution >= 0.6 is 0 Å². The van der Waals surface area contributed by atoms with Crippen molar-refractivity contribution in [1.82, 2.24) is 23.4 Å². The van der Waals surface area contributed by atoms with Crippen LogP contribution in [0.15, 0.2) is 45.3 Å². The Labute approximate surface area is 171 Å². The third-order valence-corrected chi connectivity index (χ3v) is 5.75. The second-order valence-electron chi connectivity index (χ2n) is 6.86. The van der Waals surface area contributed by atoms with E-state index in [0.717, 1.165) is 34.6 Å². The highest BCUT2D eigenvalue weighted by Gasteiger charge is 2.25. The number of hydrogen-bond donors (Lipinski definition) is 0. The van der Waals surface area contributed by atoms with Crippen molar-refractivity contribution in [2.75, 3.05) is 14.1 Å². The molecule has 30 heavy (non-hydrogen) atoms. The first-order chi connectivity index (χ1) is 14.0. The molecule has 0 aliphatic rings. The van der Waals surface area contributed by atoms with Gasteiger partial charge in [-0.05, 0) is 26.0 Å². The fourth-order valence-electron chi connectivity index (χ4n) is 2.71. The summed E-state index contributed by atoms with van der Waals surface area (Å²) in [6.07, 6.45) is 2.46. The van der Waals surface area contributed by atoms with Crippen LogP contribution in [0.3, 0.4) is 0 Å². The minimum atomic E-state index is -4.24. The number of aromatic nitrogens is 4. The summed E-state index contributed by atoms with van der Waals surface area (Å²) in [6, 6.07) is 4.00. The van der Waals surface area contributed by atoms with Crippen LogP contribution in [0.1, 0.15) is 19.9 Å². The Morgan fingerprint density at radius 2 is 1.87 bits per heavy atom. The standard InChI is InChI=1S/C17H19N7O5S/c1-11(2)23-16(25)14-15(20-17(23)19-9-21(3)4)18-10-22(14)30(28,29)13-7-5-12(6-8-13)24(26)27/h5-11H,1-4H3/b19-9+. The Bertz CT molecular complexity index is 1300. The van der Waals surface area contributed by atoms with Crippen molar-refractivity contribution < 1.29 is 13.3 Å². The Kier molecular flexibility index (Phi) is 5.39. The van der Waals surface area contributed by atoms with E-state index in [0.29, 0.717) is 0 Å². The molecule has 3 rings (SSSR count). The van der Waals surface area contributed by atoms with Gasteiger partial charge in [0.25, 0.3) is 21.3 Å². The largest absolute Gasteiger partial charge is 0.369 e. The van der Waals surface area contributed by atoms with Gasteiger partial charge < -0.3 is 4.90 Å². The lowest BCUT2D eigenvalue weighted by atomic mass is 10.3. The number of fused-ring (bicyclic) bond motifs is 1. The quantitative estimate of drug-likeness (QED) is 0.246. The van der Waals surface area contributed by atoms with Crippen molar-refractivity contribution in [1.29, 1.82) is 0 Å². The fraction of sp³-hybridized carbons (Fsp3) is 0.294. The maximum absolute atomic E-state index is 13.2. The summed E-state index contributed by atoms with van der Waals surface area (Å²) in [6.45, 7) is 3.49. The van der Waals surface area contributed by atoms with E-state index in [1.807, 2.05) is 0 Å². The zero-order chi connectivity index (χ0) is 22.2. The number of non-ortho nitro benzene ring substituents is 1. The molecule has 0 bridgehead atoms. The average molecular weight is 433 g/mol. The Hall–Kier alpha value is -3.61. The van der Waals surface area contributed by atoms with Gasteiger partial charge in [0.1, 0.15) is 6.33 Å². The van der Waals surface area contributed by atoms with E-state index < -0.39 is 20.5 Å². The first-order valence-electron chi connectivity index (χ1n) is 8.74. The summed E-state index contributed by atoms with van der Waals surface area (Å²) >= 11 is 0. The number of benzene rings is 1. The normalized spacial score (nSPS) is 12.2. The van der Waals surface area contributed by atoms with E-state index in [4.69, 9.17) is 0 Å². The molecule has 0 amide bonds. The van der Waals surface area contributed by atoms with Gasteiger partial charge in [-0.3, -0.25) is 19.5 Å². The van der Waals surface area contributed by atoms with Gasteiger partial charge in [0.2, 0.25) is 5.95 Å². The van der Waals surface area contributed by atoms with Crippen molar-refractivity contribution in [3.8, 4) is 0 Å². The molecular formula is C17H19N7O5S. The van der Waals surface area contributed by atoms with Gasteiger partial charge in [0.15, 0.2) is 11.2 Å². The van der Waals surface area contributed by atoms with Gasteiger partial charge in [0.05, 0.1) is 16.2 Å². The van der Waals surface area contributed by atoms with Crippen LogP contribution in [0.2, 0.25) is 0 Å². The monoisotopic (exact) mass is 433 g/mol. The number of nitro benzene ring substituents is 1. The molecule has 0 N–H and O–H groups in total. The molecule has 0 atom stereocenters. The van der Waals surface area contributed by atoms with E-state index in [1.165, 1.54) is 10.9 Å². The van der Waals surface area contributed by atoms with Gasteiger partial charge >= 0.3 is 0 Å². The molecule has 2 heterocycles. The van der Waals surface area contributed by atoms with Crippen LogP contribution in [0.5, 0.6) is 0 Å². The van der Waals surface area contributed by atoms with E-state index in [9.17, 15) is 23.3 Å². The fourth-order valence-corrected chi connectivity index (χ4v) is 3.99. The maximum Gasteiger partial charge on any atom is 0.282 e. The summed E-state index contributed by atoms with van der Waals surface area (Å²) in [5.41, 5.74) is -1.18. The number of nitro groups is 1. The van der Waals surface area contributed by atoms with Gasteiger partial charge in [-0.1, -0.05) is 0 Å². The third kappa shape index (κ3) is 3.66. The molecule has 0 saturated heterocycles. The molecule has 0 aliphatic carbocycles. The lowest BCUT2D eigenvalue weighted by Gasteiger charge is -2.14. The molecule has 13 heteroatoms. The van der Waals surface area contributed by atoms with E-state index >= 15 is 0 Å². The molecule has 0 spiro atoms. The molecule has 3 aromatic rings. The highest BCUT2D eigenvalue weighted by molar-refractivity contribution is 7.90. The number of rotatable bonds is 6. The number of aliphatic imine (C=N–C) groups is 1. The topological polar surface area (TPSA) is 146 Å². The molecule has 0 aliphatic heterocycles. The average Bonchev–Trinajstić information content (AvgIpc) is 3.11. The van der Waals surface area contributed by atoms with Crippen molar-refractivity contribution in [3.05, 3.63) is 51.1 Å². The Balaban J connectivity index is 2.24. The van der Waals surface area contributed by atoms with Gasteiger partial charge in [-0.2, -0.15) is 4.98 Å². The summed E-state index contributed by atoms with van der Waals surface area (Å²) in [5, 5.41) is 10.8. The highest BCUT2D eigenvalue weighted by atomic mass is 32.2. The van der Waals surface area contributed by atoms with Crippen LogP contribution in [-0.4, -0.2) is 57.2 Å². The van der Waals surface area contributed by atoms with Crippen LogP contribution < -0.4 is 5.56 Å². The van der Waals surface area contributed by atoms with E-state index in [-0.39, 0.29) is 33.7 Å². The minimum absolute atomic E-state index is 0.0757. The lowest BCUT2D eigenvalue weighted by Crippen LogP contribution is -2.26. The Morgan fingerprint density at radius 1 is 1.23 bits per heavy atom. The molecular weight excluding hydrogens is 414 g/mol. The second kappa shape index (κ2) is 7.67. The lowest BCUT2D eigenvalue weighted by molar-refractivity contribution is -0.384. The van der Waals surface area contributed by atoms with Gasteiger partial charge in [-0.15, -0.1) is 0 Å². The van der Waals surface area contributed by atoms with Crippen molar-refractivity contribution >= 4 is 39.2 Å².